The Balaban J connectivity index is 2.66. The standard InChI is InChI=1S/C14H23N3O/c1-4-8-15-13-12(7-6-9-16-13)14(18)17-10-11(3)5-2/h6-7,9,11H,4-5,8,10H2,1-3H3,(H,15,16)(H,17,18). The number of amides is 1. The molecule has 0 aliphatic carbocycles. The average Bonchev–Trinajstić information content (AvgIpc) is 2.42. The van der Waals surface area contributed by atoms with E-state index in [9.17, 15) is 4.79 Å². The Morgan fingerprint density at radius 1 is 1.44 bits per heavy atom. The van der Waals surface area contributed by atoms with Gasteiger partial charge in [-0.15, -0.1) is 0 Å². The molecule has 4 heteroatoms. The molecular weight excluding hydrogens is 226 g/mol. The molecule has 1 amide bonds. The molecule has 1 rings (SSSR count). The van der Waals surface area contributed by atoms with Crippen LogP contribution in [0.3, 0.4) is 0 Å². The van der Waals surface area contributed by atoms with E-state index in [0.717, 1.165) is 19.4 Å². The van der Waals surface area contributed by atoms with Crippen LogP contribution in [-0.4, -0.2) is 24.0 Å². The molecule has 0 aliphatic heterocycles. The summed E-state index contributed by atoms with van der Waals surface area (Å²) >= 11 is 0. The Hall–Kier alpha value is -1.58. The maximum absolute atomic E-state index is 12.1. The molecule has 0 aliphatic rings. The molecule has 18 heavy (non-hydrogen) atoms. The number of aromatic nitrogens is 1. The van der Waals surface area contributed by atoms with Crippen LogP contribution in [0.5, 0.6) is 0 Å². The minimum Gasteiger partial charge on any atom is -0.369 e. The smallest absolute Gasteiger partial charge is 0.255 e. The van der Waals surface area contributed by atoms with Crippen molar-refractivity contribution in [1.29, 1.82) is 0 Å². The van der Waals surface area contributed by atoms with Crippen LogP contribution < -0.4 is 10.6 Å². The third kappa shape index (κ3) is 4.35. The summed E-state index contributed by atoms with van der Waals surface area (Å²) in [7, 11) is 0. The monoisotopic (exact) mass is 249 g/mol. The first-order valence-electron chi connectivity index (χ1n) is 6.66. The fraction of sp³-hybridized carbons (Fsp3) is 0.571. The molecule has 0 fully saturated rings. The summed E-state index contributed by atoms with van der Waals surface area (Å²) in [6.45, 7) is 7.85. The van der Waals surface area contributed by atoms with Crippen molar-refractivity contribution in [3.8, 4) is 0 Å². The van der Waals surface area contributed by atoms with E-state index in [1.165, 1.54) is 0 Å². The van der Waals surface area contributed by atoms with Gasteiger partial charge in [0.1, 0.15) is 5.82 Å². The lowest BCUT2D eigenvalue weighted by atomic mass is 10.1. The highest BCUT2D eigenvalue weighted by atomic mass is 16.1. The van der Waals surface area contributed by atoms with E-state index in [0.29, 0.717) is 23.8 Å². The summed E-state index contributed by atoms with van der Waals surface area (Å²) < 4.78 is 0. The van der Waals surface area contributed by atoms with Gasteiger partial charge in [-0.3, -0.25) is 4.79 Å². The first-order chi connectivity index (χ1) is 8.69. The summed E-state index contributed by atoms with van der Waals surface area (Å²) in [5.74, 6) is 1.11. The molecule has 1 aromatic heterocycles. The number of nitrogens with one attached hydrogen (secondary N) is 2. The van der Waals surface area contributed by atoms with Crippen LogP contribution in [-0.2, 0) is 0 Å². The van der Waals surface area contributed by atoms with E-state index in [1.807, 2.05) is 0 Å². The topological polar surface area (TPSA) is 54.0 Å². The van der Waals surface area contributed by atoms with Gasteiger partial charge in [0.2, 0.25) is 0 Å². The van der Waals surface area contributed by atoms with Crippen molar-refractivity contribution in [2.75, 3.05) is 18.4 Å². The first kappa shape index (κ1) is 14.5. The van der Waals surface area contributed by atoms with Crippen molar-refractivity contribution < 1.29 is 4.79 Å². The highest BCUT2D eigenvalue weighted by Gasteiger charge is 2.12. The minimum atomic E-state index is -0.0537. The molecule has 0 saturated carbocycles. The van der Waals surface area contributed by atoms with Crippen LogP contribution in [0.4, 0.5) is 5.82 Å². The molecule has 1 unspecified atom stereocenters. The molecule has 0 saturated heterocycles. The molecule has 0 aromatic carbocycles. The predicted molar refractivity (Wildman–Crippen MR) is 74.8 cm³/mol. The minimum absolute atomic E-state index is 0.0537. The molecule has 100 valence electrons. The van der Waals surface area contributed by atoms with Gasteiger partial charge in [0.15, 0.2) is 0 Å². The second-order valence-corrected chi connectivity index (χ2v) is 4.55. The van der Waals surface area contributed by atoms with E-state index in [-0.39, 0.29) is 5.91 Å². The number of pyridine rings is 1. The normalized spacial score (nSPS) is 11.9. The third-order valence-corrected chi connectivity index (χ3v) is 2.90. The molecule has 0 bridgehead atoms. The van der Waals surface area contributed by atoms with Gasteiger partial charge in [-0.2, -0.15) is 0 Å². The number of carbonyl (C=O) groups excluding carboxylic acids is 1. The number of carbonyl (C=O) groups is 1. The van der Waals surface area contributed by atoms with Crippen LogP contribution in [0.1, 0.15) is 44.0 Å². The quantitative estimate of drug-likeness (QED) is 0.781. The lowest BCUT2D eigenvalue weighted by Crippen LogP contribution is -2.29. The Morgan fingerprint density at radius 2 is 2.22 bits per heavy atom. The van der Waals surface area contributed by atoms with Crippen molar-refractivity contribution in [2.24, 2.45) is 5.92 Å². The van der Waals surface area contributed by atoms with Crippen LogP contribution in [0.2, 0.25) is 0 Å². The fourth-order valence-corrected chi connectivity index (χ4v) is 1.48. The number of nitrogens with zero attached hydrogens (tertiary/aromatic N) is 1. The van der Waals surface area contributed by atoms with Gasteiger partial charge in [0.25, 0.3) is 5.91 Å². The average molecular weight is 249 g/mol. The number of hydrogen-bond acceptors (Lipinski definition) is 3. The molecule has 2 N–H and O–H groups in total. The molecule has 1 heterocycles. The van der Waals surface area contributed by atoms with Crippen LogP contribution in [0, 0.1) is 5.92 Å². The van der Waals surface area contributed by atoms with Gasteiger partial charge in [-0.05, 0) is 24.5 Å². The Kier molecular flexibility index (Phi) is 6.19. The van der Waals surface area contributed by atoms with E-state index in [2.05, 4.69) is 36.4 Å². The van der Waals surface area contributed by atoms with E-state index in [4.69, 9.17) is 0 Å². The number of rotatable bonds is 7. The molecule has 0 radical (unpaired) electrons. The first-order valence-corrected chi connectivity index (χ1v) is 6.66. The van der Waals surface area contributed by atoms with Gasteiger partial charge in [-0.1, -0.05) is 27.2 Å². The number of hydrogen-bond donors (Lipinski definition) is 2. The largest absolute Gasteiger partial charge is 0.369 e. The second kappa shape index (κ2) is 7.69. The van der Waals surface area contributed by atoms with Crippen molar-refractivity contribution in [2.45, 2.75) is 33.6 Å². The highest BCUT2D eigenvalue weighted by Crippen LogP contribution is 2.11. The Morgan fingerprint density at radius 3 is 2.89 bits per heavy atom. The Bertz CT molecular complexity index is 379. The highest BCUT2D eigenvalue weighted by molar-refractivity contribution is 5.98. The number of anilines is 1. The van der Waals surface area contributed by atoms with E-state index < -0.39 is 0 Å². The maximum atomic E-state index is 12.1. The summed E-state index contributed by atoms with van der Waals surface area (Å²) in [6.07, 6.45) is 3.77. The summed E-state index contributed by atoms with van der Waals surface area (Å²) in [4.78, 5) is 16.3. The van der Waals surface area contributed by atoms with Gasteiger partial charge in [0.05, 0.1) is 5.56 Å². The molecule has 1 aromatic rings. The molecule has 0 spiro atoms. The predicted octanol–water partition coefficient (Wildman–Crippen LogP) is 2.68. The van der Waals surface area contributed by atoms with Gasteiger partial charge in [0, 0.05) is 19.3 Å². The second-order valence-electron chi connectivity index (χ2n) is 4.55. The van der Waals surface area contributed by atoms with Gasteiger partial charge >= 0.3 is 0 Å². The molecule has 4 nitrogen and oxygen atoms in total. The summed E-state index contributed by atoms with van der Waals surface area (Å²) in [5, 5.41) is 6.12. The summed E-state index contributed by atoms with van der Waals surface area (Å²) in [6, 6.07) is 3.59. The zero-order chi connectivity index (χ0) is 13.4. The van der Waals surface area contributed by atoms with Gasteiger partial charge < -0.3 is 10.6 Å². The van der Waals surface area contributed by atoms with Crippen LogP contribution >= 0.6 is 0 Å². The zero-order valence-electron chi connectivity index (χ0n) is 11.5. The lowest BCUT2D eigenvalue weighted by Gasteiger charge is -2.12. The van der Waals surface area contributed by atoms with E-state index >= 15 is 0 Å². The molecular formula is C14H23N3O. The van der Waals surface area contributed by atoms with Crippen LogP contribution in [0.25, 0.3) is 0 Å². The maximum Gasteiger partial charge on any atom is 0.255 e. The zero-order valence-corrected chi connectivity index (χ0v) is 11.5. The lowest BCUT2D eigenvalue weighted by molar-refractivity contribution is 0.0948. The SMILES string of the molecule is CCCNc1ncccc1C(=O)NCC(C)CC. The van der Waals surface area contributed by atoms with Gasteiger partial charge in [-0.25, -0.2) is 4.98 Å². The van der Waals surface area contributed by atoms with Crippen molar-refractivity contribution in [1.82, 2.24) is 10.3 Å². The summed E-state index contributed by atoms with van der Waals surface area (Å²) in [5.41, 5.74) is 0.620. The third-order valence-electron chi connectivity index (χ3n) is 2.90. The fourth-order valence-electron chi connectivity index (χ4n) is 1.48. The van der Waals surface area contributed by atoms with Crippen molar-refractivity contribution in [3.05, 3.63) is 23.9 Å². The molecule has 1 atom stereocenters. The van der Waals surface area contributed by atoms with Crippen molar-refractivity contribution in [3.63, 3.8) is 0 Å². The van der Waals surface area contributed by atoms with E-state index in [1.54, 1.807) is 18.3 Å². The van der Waals surface area contributed by atoms with Crippen molar-refractivity contribution >= 4 is 11.7 Å². The Labute approximate surface area is 109 Å². The van der Waals surface area contributed by atoms with Crippen LogP contribution in [0.15, 0.2) is 18.3 Å².